The van der Waals surface area contributed by atoms with E-state index in [9.17, 15) is 9.59 Å². The fourth-order valence-electron chi connectivity index (χ4n) is 2.18. The van der Waals surface area contributed by atoms with Crippen LogP contribution in [-0.2, 0) is 16.0 Å². The summed E-state index contributed by atoms with van der Waals surface area (Å²) in [5, 5.41) is 0.606. The van der Waals surface area contributed by atoms with Gasteiger partial charge < -0.3 is 14.5 Å². The molecule has 0 bridgehead atoms. The van der Waals surface area contributed by atoms with E-state index in [0.29, 0.717) is 31.2 Å². The molecule has 20 heavy (non-hydrogen) atoms. The molecule has 1 fully saturated rings. The van der Waals surface area contributed by atoms with Gasteiger partial charge in [0.05, 0.1) is 13.5 Å². The van der Waals surface area contributed by atoms with Gasteiger partial charge in [0.15, 0.2) is 0 Å². The number of benzene rings is 1. The quantitative estimate of drug-likeness (QED) is 0.836. The third kappa shape index (κ3) is 3.42. The Labute approximate surface area is 123 Å². The smallest absolute Gasteiger partial charge is 0.409 e. The van der Waals surface area contributed by atoms with Gasteiger partial charge in [-0.3, -0.25) is 4.79 Å². The summed E-state index contributed by atoms with van der Waals surface area (Å²) >= 11 is 6.05. The van der Waals surface area contributed by atoms with Gasteiger partial charge in [-0.05, 0) is 11.6 Å². The lowest BCUT2D eigenvalue weighted by atomic mass is 10.1. The molecule has 1 aromatic carbocycles. The molecular weight excluding hydrogens is 280 g/mol. The minimum atomic E-state index is -0.344. The van der Waals surface area contributed by atoms with Gasteiger partial charge in [0, 0.05) is 31.2 Å². The van der Waals surface area contributed by atoms with Crippen molar-refractivity contribution < 1.29 is 14.3 Å². The second-order valence-electron chi connectivity index (χ2n) is 4.61. The molecule has 5 nitrogen and oxygen atoms in total. The van der Waals surface area contributed by atoms with Crippen molar-refractivity contribution in [2.75, 3.05) is 33.3 Å². The zero-order valence-electron chi connectivity index (χ0n) is 11.3. The lowest BCUT2D eigenvalue weighted by Crippen LogP contribution is -2.50. The molecule has 2 amide bonds. The predicted molar refractivity (Wildman–Crippen MR) is 75.7 cm³/mol. The van der Waals surface area contributed by atoms with E-state index in [1.165, 1.54) is 7.11 Å². The maximum Gasteiger partial charge on any atom is 0.409 e. The molecule has 0 aromatic heterocycles. The molecule has 0 unspecified atom stereocenters. The molecule has 1 aromatic rings. The lowest BCUT2D eigenvalue weighted by molar-refractivity contribution is -0.132. The van der Waals surface area contributed by atoms with E-state index in [0.717, 1.165) is 5.56 Å². The highest BCUT2D eigenvalue weighted by molar-refractivity contribution is 6.31. The molecule has 1 saturated heterocycles. The van der Waals surface area contributed by atoms with Crippen LogP contribution in [0.1, 0.15) is 5.56 Å². The molecule has 0 aliphatic carbocycles. The van der Waals surface area contributed by atoms with E-state index in [4.69, 9.17) is 11.6 Å². The molecule has 0 radical (unpaired) electrons. The van der Waals surface area contributed by atoms with E-state index in [1.54, 1.807) is 15.9 Å². The first kappa shape index (κ1) is 14.7. The summed E-state index contributed by atoms with van der Waals surface area (Å²) in [5.41, 5.74) is 0.828. The van der Waals surface area contributed by atoms with Gasteiger partial charge in [0.2, 0.25) is 5.91 Å². The SMILES string of the molecule is COC(=O)N1CCN(C(=O)Cc2ccccc2Cl)CC1. The Morgan fingerprint density at radius 1 is 1.15 bits per heavy atom. The maximum atomic E-state index is 12.2. The van der Waals surface area contributed by atoms with Crippen LogP contribution in [0.25, 0.3) is 0 Å². The first-order valence-electron chi connectivity index (χ1n) is 6.46. The standard InChI is InChI=1S/C14H17ClN2O3/c1-20-14(19)17-8-6-16(7-9-17)13(18)10-11-4-2-3-5-12(11)15/h2-5H,6-10H2,1H3. The number of rotatable bonds is 2. The maximum absolute atomic E-state index is 12.2. The van der Waals surface area contributed by atoms with Gasteiger partial charge in [0.1, 0.15) is 0 Å². The number of nitrogens with zero attached hydrogens (tertiary/aromatic N) is 2. The Morgan fingerprint density at radius 3 is 2.35 bits per heavy atom. The van der Waals surface area contributed by atoms with Gasteiger partial charge >= 0.3 is 6.09 Å². The van der Waals surface area contributed by atoms with Crippen LogP contribution in [0.3, 0.4) is 0 Å². The summed E-state index contributed by atoms with van der Waals surface area (Å²) in [6.07, 6.45) is -0.0547. The number of carbonyl (C=O) groups excluding carboxylic acids is 2. The first-order chi connectivity index (χ1) is 9.61. The number of methoxy groups -OCH3 is 1. The van der Waals surface area contributed by atoms with Gasteiger partial charge in [-0.2, -0.15) is 0 Å². The van der Waals surface area contributed by atoms with Gasteiger partial charge in [-0.1, -0.05) is 29.8 Å². The van der Waals surface area contributed by atoms with E-state index in [-0.39, 0.29) is 18.4 Å². The van der Waals surface area contributed by atoms with Crippen molar-refractivity contribution in [3.05, 3.63) is 34.9 Å². The predicted octanol–water partition coefficient (Wildman–Crippen LogP) is 1.79. The summed E-state index contributed by atoms with van der Waals surface area (Å²) in [6, 6.07) is 7.33. The highest BCUT2D eigenvalue weighted by Gasteiger charge is 2.24. The zero-order chi connectivity index (χ0) is 14.5. The Hall–Kier alpha value is -1.75. The van der Waals surface area contributed by atoms with Crippen LogP contribution < -0.4 is 0 Å². The summed E-state index contributed by atoms with van der Waals surface area (Å²) < 4.78 is 4.66. The topological polar surface area (TPSA) is 49.9 Å². The summed E-state index contributed by atoms with van der Waals surface area (Å²) in [4.78, 5) is 26.9. The van der Waals surface area contributed by atoms with Crippen LogP contribution in [-0.4, -0.2) is 55.1 Å². The minimum Gasteiger partial charge on any atom is -0.453 e. The number of hydrogen-bond donors (Lipinski definition) is 0. The van der Waals surface area contributed by atoms with Crippen molar-refractivity contribution in [2.24, 2.45) is 0 Å². The average Bonchev–Trinajstić information content (AvgIpc) is 2.49. The number of carbonyl (C=O) groups is 2. The third-order valence-corrected chi connectivity index (χ3v) is 3.73. The van der Waals surface area contributed by atoms with Crippen LogP contribution in [0.4, 0.5) is 4.79 Å². The summed E-state index contributed by atoms with van der Waals surface area (Å²) in [7, 11) is 1.36. The molecule has 0 spiro atoms. The molecule has 0 N–H and O–H groups in total. The fourth-order valence-corrected chi connectivity index (χ4v) is 2.39. The number of halogens is 1. The molecule has 108 valence electrons. The van der Waals surface area contributed by atoms with E-state index >= 15 is 0 Å². The molecular formula is C14H17ClN2O3. The van der Waals surface area contributed by atoms with Crippen LogP contribution in [0.15, 0.2) is 24.3 Å². The zero-order valence-corrected chi connectivity index (χ0v) is 12.1. The van der Waals surface area contributed by atoms with Crippen molar-refractivity contribution in [2.45, 2.75) is 6.42 Å². The van der Waals surface area contributed by atoms with Gasteiger partial charge in [0.25, 0.3) is 0 Å². The number of amides is 2. The first-order valence-corrected chi connectivity index (χ1v) is 6.83. The second-order valence-corrected chi connectivity index (χ2v) is 5.01. The van der Waals surface area contributed by atoms with Crippen LogP contribution in [0.2, 0.25) is 5.02 Å². The molecule has 6 heteroatoms. The summed E-state index contributed by atoms with van der Waals surface area (Å²) in [6.45, 7) is 2.05. The lowest BCUT2D eigenvalue weighted by Gasteiger charge is -2.33. The molecule has 2 rings (SSSR count). The Balaban J connectivity index is 1.89. The molecule has 0 atom stereocenters. The Bertz CT molecular complexity index is 499. The average molecular weight is 297 g/mol. The number of hydrogen-bond acceptors (Lipinski definition) is 3. The summed E-state index contributed by atoms with van der Waals surface area (Å²) in [5.74, 6) is 0.0302. The highest BCUT2D eigenvalue weighted by Crippen LogP contribution is 2.16. The monoisotopic (exact) mass is 296 g/mol. The minimum absolute atomic E-state index is 0.0302. The number of piperazine rings is 1. The number of ether oxygens (including phenoxy) is 1. The fraction of sp³-hybridized carbons (Fsp3) is 0.429. The van der Waals surface area contributed by atoms with E-state index in [2.05, 4.69) is 4.74 Å². The molecule has 1 aliphatic rings. The second kappa shape index (κ2) is 6.61. The van der Waals surface area contributed by atoms with Gasteiger partial charge in [-0.15, -0.1) is 0 Å². The Morgan fingerprint density at radius 2 is 1.75 bits per heavy atom. The van der Waals surface area contributed by atoms with Crippen molar-refractivity contribution in [3.63, 3.8) is 0 Å². The largest absolute Gasteiger partial charge is 0.453 e. The molecule has 0 saturated carbocycles. The van der Waals surface area contributed by atoms with E-state index < -0.39 is 0 Å². The van der Waals surface area contributed by atoms with Crippen LogP contribution in [0.5, 0.6) is 0 Å². The van der Waals surface area contributed by atoms with Gasteiger partial charge in [-0.25, -0.2) is 4.79 Å². The molecule has 1 heterocycles. The molecule has 1 aliphatic heterocycles. The Kier molecular flexibility index (Phi) is 4.84. The normalized spacial score (nSPS) is 15.1. The van der Waals surface area contributed by atoms with Crippen LogP contribution >= 0.6 is 11.6 Å². The highest BCUT2D eigenvalue weighted by atomic mass is 35.5. The van der Waals surface area contributed by atoms with E-state index in [1.807, 2.05) is 18.2 Å². The van der Waals surface area contributed by atoms with Crippen molar-refractivity contribution in [3.8, 4) is 0 Å². The van der Waals surface area contributed by atoms with Crippen LogP contribution in [0, 0.1) is 0 Å². The van der Waals surface area contributed by atoms with Crippen molar-refractivity contribution >= 4 is 23.6 Å². The van der Waals surface area contributed by atoms with Crippen molar-refractivity contribution in [1.82, 2.24) is 9.80 Å². The van der Waals surface area contributed by atoms with Crippen molar-refractivity contribution in [1.29, 1.82) is 0 Å². The third-order valence-electron chi connectivity index (χ3n) is 3.36.